The molecule has 1 aliphatic rings. The van der Waals surface area contributed by atoms with Crippen LogP contribution in [0, 0.1) is 5.92 Å². The monoisotopic (exact) mass is 382 g/mol. The van der Waals surface area contributed by atoms with Crippen LogP contribution in [0.25, 0.3) is 0 Å². The van der Waals surface area contributed by atoms with Gasteiger partial charge in [0, 0.05) is 5.71 Å². The normalized spacial score (nSPS) is 21.4. The molecule has 7 heteroatoms. The number of halogens is 1. The van der Waals surface area contributed by atoms with Gasteiger partial charge in [-0.15, -0.1) is 0 Å². The van der Waals surface area contributed by atoms with Gasteiger partial charge >= 0.3 is 12.0 Å². The number of nitrogens with one attached hydrogen (secondary N) is 1. The smallest absolute Gasteiger partial charge is 0.341 e. The van der Waals surface area contributed by atoms with Crippen molar-refractivity contribution in [3.8, 4) is 5.75 Å². The molecule has 2 N–H and O–H groups in total. The summed E-state index contributed by atoms with van der Waals surface area (Å²) in [6.07, 6.45) is 0. The number of phenolic OH excluding ortho intramolecular Hbond substituents is 1. The van der Waals surface area contributed by atoms with E-state index < -0.39 is 29.6 Å². The number of esters is 1. The van der Waals surface area contributed by atoms with Gasteiger partial charge in [-0.3, -0.25) is 4.79 Å². The zero-order chi connectivity index (χ0) is 17.4. The molecule has 124 valence electrons. The molecular formula is C16H19BrN2O4. The van der Waals surface area contributed by atoms with Crippen molar-refractivity contribution in [2.75, 3.05) is 0 Å². The van der Waals surface area contributed by atoms with E-state index in [2.05, 4.69) is 26.2 Å². The molecule has 0 aliphatic carbocycles. The summed E-state index contributed by atoms with van der Waals surface area (Å²) in [5.41, 5.74) is 0.434. The fraction of sp³-hybridized carbons (Fsp3) is 0.438. The second kappa shape index (κ2) is 6.31. The molecule has 1 aromatic carbocycles. The number of phenols is 1. The van der Waals surface area contributed by atoms with Gasteiger partial charge in [0.25, 0.3) is 0 Å². The molecule has 1 heterocycles. The van der Waals surface area contributed by atoms with E-state index in [1.54, 1.807) is 39.8 Å². The van der Waals surface area contributed by atoms with Gasteiger partial charge in [0.15, 0.2) is 0 Å². The highest BCUT2D eigenvalue weighted by Gasteiger charge is 2.39. The largest absolute Gasteiger partial charge is 0.507 e. The zero-order valence-corrected chi connectivity index (χ0v) is 15.0. The van der Waals surface area contributed by atoms with E-state index in [9.17, 15) is 14.7 Å². The van der Waals surface area contributed by atoms with E-state index in [1.807, 2.05) is 0 Å². The molecule has 0 saturated heterocycles. The second-order valence-electron chi connectivity index (χ2n) is 6.40. The summed E-state index contributed by atoms with van der Waals surface area (Å²) in [4.78, 5) is 28.1. The van der Waals surface area contributed by atoms with Crippen LogP contribution < -0.4 is 5.32 Å². The number of benzene rings is 1. The van der Waals surface area contributed by atoms with E-state index in [4.69, 9.17) is 4.74 Å². The van der Waals surface area contributed by atoms with Gasteiger partial charge in [0.1, 0.15) is 17.3 Å². The Labute approximate surface area is 143 Å². The molecule has 0 saturated carbocycles. The quantitative estimate of drug-likeness (QED) is 0.767. The first kappa shape index (κ1) is 17.5. The van der Waals surface area contributed by atoms with Gasteiger partial charge in [-0.2, -0.15) is 0 Å². The lowest BCUT2D eigenvalue weighted by Gasteiger charge is -2.32. The molecule has 1 aliphatic heterocycles. The number of aliphatic imine (C=N–C) groups is 1. The van der Waals surface area contributed by atoms with Gasteiger partial charge in [0.05, 0.1) is 10.5 Å². The molecule has 2 atom stereocenters. The molecule has 2 unspecified atom stereocenters. The average Bonchev–Trinajstić information content (AvgIpc) is 2.38. The molecule has 0 aromatic heterocycles. The fourth-order valence-corrected chi connectivity index (χ4v) is 2.78. The highest BCUT2D eigenvalue weighted by molar-refractivity contribution is 9.10. The van der Waals surface area contributed by atoms with E-state index in [-0.39, 0.29) is 5.75 Å². The Morgan fingerprint density at radius 2 is 2.04 bits per heavy atom. The average molecular weight is 383 g/mol. The molecule has 2 rings (SSSR count). The van der Waals surface area contributed by atoms with Crippen LogP contribution in [0.1, 0.15) is 39.3 Å². The molecule has 23 heavy (non-hydrogen) atoms. The number of nitrogens with zero attached hydrogens (tertiary/aromatic N) is 1. The Balaban J connectivity index is 2.41. The number of urea groups is 1. The first-order chi connectivity index (χ1) is 10.6. The molecule has 6 nitrogen and oxygen atoms in total. The SMILES string of the molecule is CC1=NC(=O)NC(c2ccc(O)c(Br)c2)C1C(=O)OC(C)(C)C. The van der Waals surface area contributed by atoms with Crippen LogP contribution in [0.3, 0.4) is 0 Å². The maximum atomic E-state index is 12.6. The van der Waals surface area contributed by atoms with Crippen LogP contribution in [-0.4, -0.2) is 28.4 Å². The predicted octanol–water partition coefficient (Wildman–Crippen LogP) is 3.34. The third-order valence-corrected chi connectivity index (χ3v) is 3.97. The Kier molecular flexibility index (Phi) is 4.79. The van der Waals surface area contributed by atoms with Crippen LogP contribution >= 0.6 is 15.9 Å². The van der Waals surface area contributed by atoms with Crippen LogP contribution in [0.15, 0.2) is 27.7 Å². The number of rotatable bonds is 2. The summed E-state index contributed by atoms with van der Waals surface area (Å²) in [7, 11) is 0. The first-order valence-corrected chi connectivity index (χ1v) is 7.95. The standard InChI is InChI=1S/C16H19BrN2O4/c1-8-12(14(21)23-16(2,3)4)13(19-15(22)18-8)9-5-6-11(20)10(17)7-9/h5-7,12-13,20H,1-4H3,(H,19,22). The summed E-state index contributed by atoms with van der Waals surface area (Å²) in [5, 5.41) is 12.3. The lowest BCUT2D eigenvalue weighted by Crippen LogP contribution is -2.45. The molecule has 1 aromatic rings. The highest BCUT2D eigenvalue weighted by atomic mass is 79.9. The topological polar surface area (TPSA) is 88.0 Å². The van der Waals surface area contributed by atoms with E-state index >= 15 is 0 Å². The summed E-state index contributed by atoms with van der Waals surface area (Å²) in [5.74, 6) is -1.09. The lowest BCUT2D eigenvalue weighted by molar-refractivity contribution is -0.158. The molecule has 0 radical (unpaired) electrons. The van der Waals surface area contributed by atoms with Gasteiger partial charge < -0.3 is 15.2 Å². The third-order valence-electron chi connectivity index (χ3n) is 3.33. The summed E-state index contributed by atoms with van der Waals surface area (Å²) < 4.78 is 5.94. The number of carbonyl (C=O) groups is 2. The third kappa shape index (κ3) is 4.10. The molecule has 2 amide bonds. The predicted molar refractivity (Wildman–Crippen MR) is 89.5 cm³/mol. The van der Waals surface area contributed by atoms with Crippen molar-refractivity contribution in [1.29, 1.82) is 0 Å². The first-order valence-electron chi connectivity index (χ1n) is 7.15. The molecule has 0 fully saturated rings. The van der Waals surface area contributed by atoms with Crippen LogP contribution in [0.2, 0.25) is 0 Å². The summed E-state index contributed by atoms with van der Waals surface area (Å²) in [6, 6.07) is 3.71. The van der Waals surface area contributed by atoms with Crippen LogP contribution in [0.4, 0.5) is 4.79 Å². The molecular weight excluding hydrogens is 364 g/mol. The number of amides is 2. The molecule has 0 spiro atoms. The van der Waals surface area contributed by atoms with Crippen molar-refractivity contribution >= 4 is 33.6 Å². The maximum Gasteiger partial charge on any atom is 0.341 e. The van der Waals surface area contributed by atoms with E-state index in [1.165, 1.54) is 6.07 Å². The number of ether oxygens (including phenoxy) is 1. The van der Waals surface area contributed by atoms with Gasteiger partial charge in [-0.05, 0) is 61.3 Å². The Morgan fingerprint density at radius 3 is 2.61 bits per heavy atom. The van der Waals surface area contributed by atoms with E-state index in [0.717, 1.165) is 0 Å². The van der Waals surface area contributed by atoms with Gasteiger partial charge in [-0.1, -0.05) is 6.07 Å². The van der Waals surface area contributed by atoms with Crippen molar-refractivity contribution < 1.29 is 19.4 Å². The number of aromatic hydroxyl groups is 1. The zero-order valence-electron chi connectivity index (χ0n) is 13.4. The number of hydrogen-bond donors (Lipinski definition) is 2. The second-order valence-corrected chi connectivity index (χ2v) is 7.26. The lowest BCUT2D eigenvalue weighted by atomic mass is 9.88. The van der Waals surface area contributed by atoms with Crippen molar-refractivity contribution in [3.63, 3.8) is 0 Å². The number of carbonyl (C=O) groups excluding carboxylic acids is 2. The van der Waals surface area contributed by atoms with Crippen molar-refractivity contribution in [3.05, 3.63) is 28.2 Å². The van der Waals surface area contributed by atoms with Crippen LogP contribution in [0.5, 0.6) is 5.75 Å². The van der Waals surface area contributed by atoms with E-state index in [0.29, 0.717) is 15.7 Å². The minimum atomic E-state index is -0.719. The Hall–Kier alpha value is -1.89. The van der Waals surface area contributed by atoms with Crippen molar-refractivity contribution in [2.45, 2.75) is 39.3 Å². The number of hydrogen-bond acceptors (Lipinski definition) is 4. The van der Waals surface area contributed by atoms with Gasteiger partial charge in [-0.25, -0.2) is 9.79 Å². The van der Waals surface area contributed by atoms with Crippen molar-refractivity contribution in [2.24, 2.45) is 10.9 Å². The summed E-state index contributed by atoms with van der Waals surface area (Å²) >= 11 is 3.24. The fourth-order valence-electron chi connectivity index (χ4n) is 2.38. The Morgan fingerprint density at radius 1 is 1.39 bits per heavy atom. The molecule has 0 bridgehead atoms. The van der Waals surface area contributed by atoms with Gasteiger partial charge in [0.2, 0.25) is 0 Å². The maximum absolute atomic E-state index is 12.6. The highest BCUT2D eigenvalue weighted by Crippen LogP contribution is 2.33. The minimum absolute atomic E-state index is 0.0788. The Bertz CT molecular complexity index is 679. The summed E-state index contributed by atoms with van der Waals surface area (Å²) in [6.45, 7) is 6.98. The minimum Gasteiger partial charge on any atom is -0.507 e. The van der Waals surface area contributed by atoms with Crippen molar-refractivity contribution in [1.82, 2.24) is 5.32 Å². The van der Waals surface area contributed by atoms with Crippen LogP contribution in [-0.2, 0) is 9.53 Å².